The first-order valence-corrected chi connectivity index (χ1v) is 6.41. The van der Waals surface area contributed by atoms with Crippen molar-refractivity contribution < 1.29 is 0 Å². The van der Waals surface area contributed by atoms with E-state index in [0.717, 1.165) is 28.2 Å². The zero-order valence-corrected chi connectivity index (χ0v) is 11.5. The van der Waals surface area contributed by atoms with E-state index in [2.05, 4.69) is 25.6 Å². The molecule has 0 aliphatic carbocycles. The van der Waals surface area contributed by atoms with E-state index in [4.69, 9.17) is 0 Å². The van der Waals surface area contributed by atoms with Crippen LogP contribution in [0.3, 0.4) is 0 Å². The van der Waals surface area contributed by atoms with E-state index in [1.165, 1.54) is 0 Å². The summed E-state index contributed by atoms with van der Waals surface area (Å²) in [4.78, 5) is 4.14. The molecule has 3 heterocycles. The van der Waals surface area contributed by atoms with Crippen LogP contribution in [0.2, 0.25) is 0 Å². The Morgan fingerprint density at radius 3 is 2.95 bits per heavy atom. The van der Waals surface area contributed by atoms with Gasteiger partial charge in [-0.2, -0.15) is 10.2 Å². The first-order valence-electron chi connectivity index (χ1n) is 6.41. The Labute approximate surface area is 116 Å². The van der Waals surface area contributed by atoms with Gasteiger partial charge in [0.1, 0.15) is 0 Å². The van der Waals surface area contributed by atoms with Crippen LogP contribution in [0.4, 0.5) is 5.69 Å². The summed E-state index contributed by atoms with van der Waals surface area (Å²) < 4.78 is 1.80. The molecule has 3 aromatic heterocycles. The van der Waals surface area contributed by atoms with E-state index >= 15 is 0 Å². The molecule has 0 saturated carbocycles. The Kier molecular flexibility index (Phi) is 3.20. The van der Waals surface area contributed by atoms with Gasteiger partial charge in [-0.05, 0) is 19.1 Å². The fourth-order valence-corrected chi connectivity index (χ4v) is 2.17. The minimum atomic E-state index is 0.688. The molecule has 0 radical (unpaired) electrons. The van der Waals surface area contributed by atoms with Crippen LogP contribution in [0, 0.1) is 6.92 Å². The smallest absolute Gasteiger partial charge is 0.0825 e. The average Bonchev–Trinajstić information content (AvgIpc) is 3.04. The van der Waals surface area contributed by atoms with Crippen LogP contribution in [-0.2, 0) is 13.6 Å². The lowest BCUT2D eigenvalue weighted by atomic mass is 10.1. The number of nitrogens with zero attached hydrogens (tertiary/aromatic N) is 4. The fraction of sp³-hybridized carbons (Fsp3) is 0.214. The molecule has 0 aliphatic heterocycles. The molecule has 20 heavy (non-hydrogen) atoms. The summed E-state index contributed by atoms with van der Waals surface area (Å²) in [7, 11) is 1.91. The summed E-state index contributed by atoms with van der Waals surface area (Å²) in [5.41, 5.74) is 5.14. The topological polar surface area (TPSA) is 71.4 Å². The van der Waals surface area contributed by atoms with Crippen molar-refractivity contribution in [2.75, 3.05) is 5.32 Å². The quantitative estimate of drug-likeness (QED) is 0.760. The lowest BCUT2D eigenvalue weighted by molar-refractivity contribution is 0.756. The number of pyridine rings is 1. The van der Waals surface area contributed by atoms with Gasteiger partial charge in [0.25, 0.3) is 0 Å². The zero-order valence-electron chi connectivity index (χ0n) is 11.5. The first-order chi connectivity index (χ1) is 9.74. The number of nitrogens with one attached hydrogen (secondary N) is 2. The molecule has 6 nitrogen and oxygen atoms in total. The third-order valence-electron chi connectivity index (χ3n) is 3.15. The predicted molar refractivity (Wildman–Crippen MR) is 77.1 cm³/mol. The van der Waals surface area contributed by atoms with Crippen LogP contribution in [0.25, 0.3) is 11.3 Å². The fourth-order valence-electron chi connectivity index (χ4n) is 2.17. The van der Waals surface area contributed by atoms with Crippen molar-refractivity contribution in [1.82, 2.24) is 25.0 Å². The Bertz CT molecular complexity index is 698. The van der Waals surface area contributed by atoms with Gasteiger partial charge < -0.3 is 5.32 Å². The maximum Gasteiger partial charge on any atom is 0.0825 e. The number of rotatable bonds is 4. The van der Waals surface area contributed by atoms with E-state index in [0.29, 0.717) is 6.54 Å². The largest absolute Gasteiger partial charge is 0.378 e. The third kappa shape index (κ3) is 2.40. The summed E-state index contributed by atoms with van der Waals surface area (Å²) in [5.74, 6) is 0. The molecular formula is C14H16N6. The van der Waals surface area contributed by atoms with Crippen LogP contribution in [0.1, 0.15) is 11.3 Å². The molecule has 0 saturated heterocycles. The van der Waals surface area contributed by atoms with E-state index in [1.807, 2.05) is 44.7 Å². The van der Waals surface area contributed by atoms with Crippen molar-refractivity contribution in [3.63, 3.8) is 0 Å². The number of aromatic nitrogens is 5. The number of aryl methyl sites for hydroxylation is 2. The molecule has 0 amide bonds. The van der Waals surface area contributed by atoms with Gasteiger partial charge in [-0.1, -0.05) is 0 Å². The van der Waals surface area contributed by atoms with E-state index in [1.54, 1.807) is 10.9 Å². The van der Waals surface area contributed by atoms with Crippen LogP contribution in [-0.4, -0.2) is 25.0 Å². The molecule has 102 valence electrons. The van der Waals surface area contributed by atoms with Gasteiger partial charge in [-0.15, -0.1) is 0 Å². The predicted octanol–water partition coefficient (Wildman–Crippen LogP) is 2.13. The van der Waals surface area contributed by atoms with Crippen molar-refractivity contribution in [3.8, 4) is 11.3 Å². The summed E-state index contributed by atoms with van der Waals surface area (Å²) >= 11 is 0. The highest BCUT2D eigenvalue weighted by atomic mass is 15.3. The van der Waals surface area contributed by atoms with Crippen molar-refractivity contribution in [2.24, 2.45) is 7.05 Å². The molecular weight excluding hydrogens is 252 g/mol. The second-order valence-electron chi connectivity index (χ2n) is 4.67. The Morgan fingerprint density at radius 1 is 1.35 bits per heavy atom. The molecule has 0 atom stereocenters. The van der Waals surface area contributed by atoms with Gasteiger partial charge in [0.05, 0.1) is 23.3 Å². The number of hydrogen-bond donors (Lipinski definition) is 2. The molecule has 0 aromatic carbocycles. The highest BCUT2D eigenvalue weighted by Crippen LogP contribution is 2.21. The van der Waals surface area contributed by atoms with Crippen LogP contribution in [0.5, 0.6) is 0 Å². The van der Waals surface area contributed by atoms with Gasteiger partial charge in [0, 0.05) is 43.3 Å². The van der Waals surface area contributed by atoms with Gasteiger partial charge in [-0.25, -0.2) is 0 Å². The van der Waals surface area contributed by atoms with Crippen LogP contribution >= 0.6 is 0 Å². The number of hydrogen-bond acceptors (Lipinski definition) is 4. The Balaban J connectivity index is 1.79. The molecule has 2 N–H and O–H groups in total. The highest BCUT2D eigenvalue weighted by Gasteiger charge is 2.09. The Morgan fingerprint density at radius 2 is 2.25 bits per heavy atom. The van der Waals surface area contributed by atoms with E-state index < -0.39 is 0 Å². The van der Waals surface area contributed by atoms with E-state index in [-0.39, 0.29) is 0 Å². The normalized spacial score (nSPS) is 10.7. The molecule has 6 heteroatoms. The number of anilines is 1. The standard InChI is InChI=1S/C14H16N6/c1-10-13(9-20(2)19-10)16-7-12-8-17-18-14(12)11-4-3-5-15-6-11/h3-6,8-9,16H,7H2,1-2H3,(H,17,18). The van der Waals surface area contributed by atoms with Gasteiger partial charge in [0.2, 0.25) is 0 Å². The highest BCUT2D eigenvalue weighted by molar-refractivity contribution is 5.62. The average molecular weight is 268 g/mol. The summed E-state index contributed by atoms with van der Waals surface area (Å²) in [5, 5.41) is 14.8. The van der Waals surface area contributed by atoms with Crippen molar-refractivity contribution in [2.45, 2.75) is 13.5 Å². The third-order valence-corrected chi connectivity index (χ3v) is 3.15. The molecule has 0 spiro atoms. The molecule has 0 bridgehead atoms. The minimum absolute atomic E-state index is 0.688. The second-order valence-corrected chi connectivity index (χ2v) is 4.67. The maximum atomic E-state index is 4.31. The Hall–Kier alpha value is -2.63. The molecule has 0 aliphatic rings. The van der Waals surface area contributed by atoms with Crippen molar-refractivity contribution in [1.29, 1.82) is 0 Å². The molecule has 3 aromatic rings. The summed E-state index contributed by atoms with van der Waals surface area (Å²) in [6.45, 7) is 2.67. The molecule has 0 fully saturated rings. The zero-order chi connectivity index (χ0) is 13.9. The first kappa shape index (κ1) is 12.4. The minimum Gasteiger partial charge on any atom is -0.378 e. The van der Waals surface area contributed by atoms with Crippen molar-refractivity contribution in [3.05, 3.63) is 48.2 Å². The monoisotopic (exact) mass is 268 g/mol. The van der Waals surface area contributed by atoms with Gasteiger partial charge in [0.15, 0.2) is 0 Å². The summed E-state index contributed by atoms with van der Waals surface area (Å²) in [6.07, 6.45) is 7.39. The summed E-state index contributed by atoms with van der Waals surface area (Å²) in [6, 6.07) is 3.93. The van der Waals surface area contributed by atoms with Gasteiger partial charge >= 0.3 is 0 Å². The van der Waals surface area contributed by atoms with E-state index in [9.17, 15) is 0 Å². The van der Waals surface area contributed by atoms with Crippen LogP contribution < -0.4 is 5.32 Å². The second kappa shape index (κ2) is 5.16. The molecule has 0 unspecified atom stereocenters. The maximum absolute atomic E-state index is 4.31. The van der Waals surface area contributed by atoms with Crippen molar-refractivity contribution >= 4 is 5.69 Å². The lowest BCUT2D eigenvalue weighted by Crippen LogP contribution is -2.00. The number of aromatic amines is 1. The van der Waals surface area contributed by atoms with Crippen LogP contribution in [0.15, 0.2) is 36.9 Å². The lowest BCUT2D eigenvalue weighted by Gasteiger charge is -2.05. The molecule has 3 rings (SSSR count). The number of H-pyrrole nitrogens is 1. The SMILES string of the molecule is Cc1nn(C)cc1NCc1cn[nH]c1-c1cccnc1. The van der Waals surface area contributed by atoms with Gasteiger partial charge in [-0.3, -0.25) is 14.8 Å².